The molecule has 0 saturated heterocycles. The number of hydrogen-bond donors (Lipinski definition) is 2. The molecule has 1 aromatic heterocycles. The van der Waals surface area contributed by atoms with Gasteiger partial charge in [-0.1, -0.05) is 0 Å². The summed E-state index contributed by atoms with van der Waals surface area (Å²) in [7, 11) is -4.70. The maximum absolute atomic E-state index is 10.7. The van der Waals surface area contributed by atoms with E-state index in [0.29, 0.717) is 5.82 Å². The van der Waals surface area contributed by atoms with Crippen molar-refractivity contribution in [1.29, 1.82) is 0 Å². The molecule has 18 heavy (non-hydrogen) atoms. The Balaban J connectivity index is 2.91. The van der Waals surface area contributed by atoms with Crippen LogP contribution >= 0.6 is 19.4 Å². The highest BCUT2D eigenvalue weighted by atomic mass is 35.5. The molecule has 0 aromatic carbocycles. The number of aryl methyl sites for hydroxylation is 1. The second-order valence-corrected chi connectivity index (χ2v) is 4.90. The van der Waals surface area contributed by atoms with Gasteiger partial charge in [0.2, 0.25) is 0 Å². The molecule has 0 saturated carbocycles. The van der Waals surface area contributed by atoms with Crippen LogP contribution < -0.4 is 0 Å². The van der Waals surface area contributed by atoms with Crippen LogP contribution in [0.1, 0.15) is 5.82 Å². The molecule has 0 amide bonds. The Morgan fingerprint density at radius 2 is 2.33 bits per heavy atom. The van der Waals surface area contributed by atoms with Crippen molar-refractivity contribution < 1.29 is 23.8 Å². The van der Waals surface area contributed by atoms with Crippen LogP contribution in [0, 0.1) is 17.0 Å². The molecule has 1 rings (SSSR count). The van der Waals surface area contributed by atoms with E-state index in [-0.39, 0.29) is 18.2 Å². The first kappa shape index (κ1) is 15.1. The van der Waals surface area contributed by atoms with E-state index in [1.54, 1.807) is 0 Å². The smallest absolute Gasteiger partial charge is 0.358 e. The molecule has 0 radical (unpaired) electrons. The summed E-state index contributed by atoms with van der Waals surface area (Å²) in [5.74, 6) is -0.192. The third-order valence-corrected chi connectivity index (χ3v) is 2.98. The van der Waals surface area contributed by atoms with Crippen LogP contribution in [0.2, 0.25) is 0 Å². The quantitative estimate of drug-likeness (QED) is 0.344. The lowest BCUT2D eigenvalue weighted by molar-refractivity contribution is -0.392. The van der Waals surface area contributed by atoms with Gasteiger partial charge in [-0.3, -0.25) is 4.52 Å². The summed E-state index contributed by atoms with van der Waals surface area (Å²) < 4.78 is 16.3. The number of alkyl halides is 1. The minimum Gasteiger partial charge on any atom is -0.358 e. The zero-order valence-corrected chi connectivity index (χ0v) is 10.9. The topological polar surface area (TPSA) is 128 Å². The van der Waals surface area contributed by atoms with Gasteiger partial charge in [0.05, 0.1) is 5.88 Å². The number of imidazole rings is 1. The molecule has 2 N–H and O–H groups in total. The van der Waals surface area contributed by atoms with Crippen molar-refractivity contribution in [2.75, 3.05) is 5.88 Å². The van der Waals surface area contributed by atoms with Crippen LogP contribution in [0.5, 0.6) is 0 Å². The summed E-state index contributed by atoms with van der Waals surface area (Å²) in [5.41, 5.74) is 0. The van der Waals surface area contributed by atoms with Crippen LogP contribution in [0.25, 0.3) is 0 Å². The van der Waals surface area contributed by atoms with Crippen LogP contribution in [-0.4, -0.2) is 36.2 Å². The second kappa shape index (κ2) is 5.77. The first-order valence-electron chi connectivity index (χ1n) is 4.71. The summed E-state index contributed by atoms with van der Waals surface area (Å²) in [6, 6.07) is 0. The fraction of sp³-hybridized carbons (Fsp3) is 0.571. The van der Waals surface area contributed by atoms with Gasteiger partial charge in [0.25, 0.3) is 0 Å². The summed E-state index contributed by atoms with van der Waals surface area (Å²) in [4.78, 5) is 31.1. The van der Waals surface area contributed by atoms with Gasteiger partial charge in [0, 0.05) is 6.92 Å². The number of hydrogen-bond acceptors (Lipinski definition) is 5. The van der Waals surface area contributed by atoms with Crippen molar-refractivity contribution in [2.24, 2.45) is 0 Å². The van der Waals surface area contributed by atoms with E-state index in [9.17, 15) is 14.7 Å². The lowest BCUT2D eigenvalue weighted by atomic mass is 10.4. The van der Waals surface area contributed by atoms with Gasteiger partial charge in [-0.05, 0) is 4.92 Å². The van der Waals surface area contributed by atoms with Gasteiger partial charge in [0.1, 0.15) is 18.8 Å². The van der Waals surface area contributed by atoms with Crippen LogP contribution in [0.4, 0.5) is 5.82 Å². The monoisotopic (exact) mass is 299 g/mol. The fourth-order valence-electron chi connectivity index (χ4n) is 1.34. The number of rotatable bonds is 6. The predicted molar refractivity (Wildman–Crippen MR) is 61.3 cm³/mol. The zero-order chi connectivity index (χ0) is 13.9. The summed E-state index contributed by atoms with van der Waals surface area (Å²) in [5, 5.41) is 10.7. The summed E-state index contributed by atoms with van der Waals surface area (Å²) in [6.07, 6.45) is -0.00271. The normalized spacial score (nSPS) is 13.6. The van der Waals surface area contributed by atoms with E-state index in [1.807, 2.05) is 0 Å². The maximum atomic E-state index is 10.7. The zero-order valence-electron chi connectivity index (χ0n) is 9.26. The van der Waals surface area contributed by atoms with Gasteiger partial charge < -0.3 is 19.9 Å². The molecule has 9 nitrogen and oxygen atoms in total. The maximum Gasteiger partial charge on any atom is 0.470 e. The van der Waals surface area contributed by atoms with Crippen LogP contribution in [-0.2, 0) is 15.6 Å². The first-order chi connectivity index (χ1) is 8.24. The SMILES string of the molecule is Cc1ncc([N+](=O)[O-])n1C[C@H](CCl)OP(=O)(O)O. The molecular formula is C7H11ClN3O6P. The minimum absolute atomic E-state index is 0.170. The van der Waals surface area contributed by atoms with Crippen molar-refractivity contribution >= 4 is 25.2 Å². The molecule has 0 fully saturated rings. The molecule has 1 aromatic rings. The van der Waals surface area contributed by atoms with E-state index in [1.165, 1.54) is 11.5 Å². The van der Waals surface area contributed by atoms with Gasteiger partial charge in [0.15, 0.2) is 5.82 Å². The van der Waals surface area contributed by atoms with Crippen LogP contribution in [0.15, 0.2) is 6.20 Å². The van der Waals surface area contributed by atoms with E-state index >= 15 is 0 Å². The van der Waals surface area contributed by atoms with E-state index in [2.05, 4.69) is 9.51 Å². The van der Waals surface area contributed by atoms with E-state index in [4.69, 9.17) is 21.4 Å². The number of halogens is 1. The van der Waals surface area contributed by atoms with Crippen molar-refractivity contribution in [2.45, 2.75) is 19.6 Å². The molecule has 11 heteroatoms. The van der Waals surface area contributed by atoms with Gasteiger partial charge in [-0.25, -0.2) is 14.1 Å². The molecule has 0 aliphatic rings. The number of aromatic nitrogens is 2. The average Bonchev–Trinajstić information content (AvgIpc) is 2.57. The van der Waals surface area contributed by atoms with Crippen molar-refractivity contribution in [1.82, 2.24) is 9.55 Å². The molecule has 0 spiro atoms. The van der Waals surface area contributed by atoms with Crippen LogP contribution in [0.3, 0.4) is 0 Å². The fourth-order valence-corrected chi connectivity index (χ4v) is 2.11. The number of phosphoric ester groups is 1. The Morgan fingerprint density at radius 1 is 1.72 bits per heavy atom. The van der Waals surface area contributed by atoms with Crippen molar-refractivity contribution in [3.05, 3.63) is 22.1 Å². The molecule has 0 aliphatic heterocycles. The molecule has 102 valence electrons. The highest BCUT2D eigenvalue weighted by molar-refractivity contribution is 7.46. The third-order valence-electron chi connectivity index (χ3n) is 2.07. The number of nitro groups is 1. The molecule has 0 unspecified atom stereocenters. The standard InChI is InChI=1S/C7H11ClN3O6P/c1-5-9-3-7(11(12)13)10(5)4-6(2-8)17-18(14,15)16/h3,6H,2,4H2,1H3,(H2,14,15,16)/t6-/m0/s1. The van der Waals surface area contributed by atoms with Gasteiger partial charge in [-0.2, -0.15) is 0 Å². The Morgan fingerprint density at radius 3 is 2.78 bits per heavy atom. The minimum atomic E-state index is -4.70. The predicted octanol–water partition coefficient (Wildman–Crippen LogP) is 0.816. The Bertz CT molecular complexity index is 486. The van der Waals surface area contributed by atoms with Crippen molar-refractivity contribution in [3.8, 4) is 0 Å². The summed E-state index contributed by atoms with van der Waals surface area (Å²) >= 11 is 5.50. The second-order valence-electron chi connectivity index (χ2n) is 3.40. The highest BCUT2D eigenvalue weighted by Crippen LogP contribution is 2.38. The third kappa shape index (κ3) is 4.04. The Kier molecular flexibility index (Phi) is 4.83. The van der Waals surface area contributed by atoms with Gasteiger partial charge >= 0.3 is 13.6 Å². The Labute approximate surface area is 107 Å². The Hall–Kier alpha value is -0.990. The molecule has 0 aliphatic carbocycles. The molecule has 0 bridgehead atoms. The molecule has 1 heterocycles. The first-order valence-corrected chi connectivity index (χ1v) is 6.77. The molecular weight excluding hydrogens is 289 g/mol. The summed E-state index contributed by atoms with van der Waals surface area (Å²) in [6.45, 7) is 1.35. The van der Waals surface area contributed by atoms with E-state index in [0.717, 1.165) is 6.20 Å². The van der Waals surface area contributed by atoms with Crippen molar-refractivity contribution in [3.63, 3.8) is 0 Å². The largest absolute Gasteiger partial charge is 0.470 e. The lowest BCUT2D eigenvalue weighted by Gasteiger charge is -2.14. The average molecular weight is 300 g/mol. The lowest BCUT2D eigenvalue weighted by Crippen LogP contribution is -2.22. The number of phosphoric acid groups is 1. The van der Waals surface area contributed by atoms with Gasteiger partial charge in [-0.15, -0.1) is 11.6 Å². The van der Waals surface area contributed by atoms with E-state index < -0.39 is 18.8 Å². The highest BCUT2D eigenvalue weighted by Gasteiger charge is 2.27. The molecule has 1 atom stereocenters. The number of nitrogens with zero attached hydrogens (tertiary/aromatic N) is 3.